The van der Waals surface area contributed by atoms with Crippen LogP contribution in [0.5, 0.6) is 5.75 Å². The average Bonchev–Trinajstić information content (AvgIpc) is 3.57. The number of rotatable bonds is 8. The van der Waals surface area contributed by atoms with Crippen LogP contribution in [0, 0.1) is 6.92 Å². The fourth-order valence-electron chi connectivity index (χ4n) is 5.31. The lowest BCUT2D eigenvalue weighted by atomic mass is 9.86. The number of carboxylic acids is 1. The Morgan fingerprint density at radius 1 is 1.30 bits per heavy atom. The van der Waals surface area contributed by atoms with Gasteiger partial charge in [-0.2, -0.15) is 0 Å². The van der Waals surface area contributed by atoms with Crippen LogP contribution < -0.4 is 16.0 Å². The van der Waals surface area contributed by atoms with Crippen LogP contribution in [0.25, 0.3) is 21.0 Å². The number of oxazole rings is 1. The predicted molar refractivity (Wildman–Crippen MR) is 148 cm³/mol. The standard InChI is InChI=1S/C28H31N3O8S/c1-15-21-24(33)31(28(2,3)26(34)35)27(36)30(25(21)40-22(15)23-29-10-13-39-23)11-8-17-16(6-5-7-20(17)37-4)18-14-38-12-9-19(18)32/h5-7,10,13,18-19,32H,8-9,11-12,14H2,1-4H3,(H,34,35). The summed E-state index contributed by atoms with van der Waals surface area (Å²) in [6.07, 6.45) is 3.15. The summed E-state index contributed by atoms with van der Waals surface area (Å²) in [7, 11) is 1.56. The van der Waals surface area contributed by atoms with E-state index < -0.39 is 28.9 Å². The maximum atomic E-state index is 13.9. The topological polar surface area (TPSA) is 146 Å². The van der Waals surface area contributed by atoms with E-state index in [1.54, 1.807) is 14.0 Å². The molecule has 2 unspecified atom stereocenters. The number of ether oxygens (including phenoxy) is 2. The first kappa shape index (κ1) is 27.8. The van der Waals surface area contributed by atoms with Gasteiger partial charge in [0.15, 0.2) is 0 Å². The minimum Gasteiger partial charge on any atom is -0.496 e. The molecule has 1 fully saturated rings. The summed E-state index contributed by atoms with van der Waals surface area (Å²) in [4.78, 5) is 45.0. The quantitative estimate of drug-likeness (QED) is 0.327. The molecule has 4 aromatic rings. The van der Waals surface area contributed by atoms with Crippen molar-refractivity contribution in [2.75, 3.05) is 20.3 Å². The number of hydrogen-bond acceptors (Lipinski definition) is 9. The van der Waals surface area contributed by atoms with Gasteiger partial charge in [0.25, 0.3) is 5.56 Å². The molecule has 4 heterocycles. The molecule has 40 heavy (non-hydrogen) atoms. The molecule has 3 aromatic heterocycles. The monoisotopic (exact) mass is 569 g/mol. The summed E-state index contributed by atoms with van der Waals surface area (Å²) in [5.74, 6) is -0.672. The number of hydrogen-bond donors (Lipinski definition) is 2. The van der Waals surface area contributed by atoms with E-state index in [-0.39, 0.29) is 17.8 Å². The molecular weight excluding hydrogens is 538 g/mol. The number of fused-ring (bicyclic) bond motifs is 1. The zero-order valence-electron chi connectivity index (χ0n) is 22.7. The molecule has 2 N–H and O–H groups in total. The molecule has 0 amide bonds. The van der Waals surface area contributed by atoms with Crippen LogP contribution in [0.1, 0.15) is 42.9 Å². The molecule has 0 aliphatic carbocycles. The summed E-state index contributed by atoms with van der Waals surface area (Å²) >= 11 is 1.20. The van der Waals surface area contributed by atoms with E-state index in [2.05, 4.69) is 4.98 Å². The lowest BCUT2D eigenvalue weighted by Crippen LogP contribution is -2.52. The minimum atomic E-state index is -1.80. The van der Waals surface area contributed by atoms with Gasteiger partial charge in [0, 0.05) is 19.1 Å². The summed E-state index contributed by atoms with van der Waals surface area (Å²) in [6, 6.07) is 5.59. The molecule has 1 aromatic carbocycles. The number of thiophene rings is 1. The van der Waals surface area contributed by atoms with Gasteiger partial charge in [-0.05, 0) is 56.4 Å². The van der Waals surface area contributed by atoms with Gasteiger partial charge in [-0.15, -0.1) is 11.3 Å². The van der Waals surface area contributed by atoms with Crippen LogP contribution in [0.3, 0.4) is 0 Å². The molecule has 0 spiro atoms. The summed E-state index contributed by atoms with van der Waals surface area (Å²) in [5, 5.41) is 20.9. The number of carbonyl (C=O) groups is 1. The number of aliphatic hydroxyl groups is 1. The third kappa shape index (κ3) is 4.55. The third-order valence-electron chi connectivity index (χ3n) is 7.62. The highest BCUT2D eigenvalue weighted by molar-refractivity contribution is 7.22. The van der Waals surface area contributed by atoms with Crippen LogP contribution in [-0.2, 0) is 28.0 Å². The Hall–Kier alpha value is -3.74. The van der Waals surface area contributed by atoms with Crippen molar-refractivity contribution in [1.29, 1.82) is 0 Å². The first-order valence-electron chi connectivity index (χ1n) is 12.9. The number of nitrogens with zero attached hydrogens (tertiary/aromatic N) is 3. The number of aromatic nitrogens is 3. The molecule has 12 heteroatoms. The van der Waals surface area contributed by atoms with Crippen LogP contribution in [0.15, 0.2) is 44.7 Å². The molecule has 5 rings (SSSR count). The van der Waals surface area contributed by atoms with E-state index in [0.29, 0.717) is 53.0 Å². The van der Waals surface area contributed by atoms with Crippen LogP contribution in [0.4, 0.5) is 0 Å². The highest BCUT2D eigenvalue weighted by Gasteiger charge is 2.36. The molecule has 1 aliphatic rings. The summed E-state index contributed by atoms with van der Waals surface area (Å²) < 4.78 is 19.0. The first-order valence-corrected chi connectivity index (χ1v) is 13.7. The van der Waals surface area contributed by atoms with Crippen molar-refractivity contribution < 1.29 is 28.9 Å². The lowest BCUT2D eigenvalue weighted by molar-refractivity contribution is -0.146. The zero-order chi connectivity index (χ0) is 28.8. The van der Waals surface area contributed by atoms with Crippen molar-refractivity contribution in [2.45, 2.75) is 57.7 Å². The highest BCUT2D eigenvalue weighted by atomic mass is 32.1. The average molecular weight is 570 g/mol. The van der Waals surface area contributed by atoms with E-state index in [4.69, 9.17) is 13.9 Å². The van der Waals surface area contributed by atoms with Crippen molar-refractivity contribution in [3.63, 3.8) is 0 Å². The molecule has 1 saturated heterocycles. The van der Waals surface area contributed by atoms with Crippen LogP contribution >= 0.6 is 11.3 Å². The lowest BCUT2D eigenvalue weighted by Gasteiger charge is -2.30. The van der Waals surface area contributed by atoms with Crippen molar-refractivity contribution in [2.24, 2.45) is 0 Å². The van der Waals surface area contributed by atoms with Gasteiger partial charge in [-0.25, -0.2) is 19.1 Å². The molecule has 0 radical (unpaired) electrons. The fourth-order valence-corrected chi connectivity index (χ4v) is 6.57. The second-order valence-electron chi connectivity index (χ2n) is 10.3. The third-order valence-corrected chi connectivity index (χ3v) is 8.92. The molecule has 1 aliphatic heterocycles. The van der Waals surface area contributed by atoms with E-state index in [1.165, 1.54) is 42.2 Å². The Kier molecular flexibility index (Phi) is 7.42. The number of benzene rings is 1. The fraction of sp³-hybridized carbons (Fsp3) is 0.429. The van der Waals surface area contributed by atoms with E-state index >= 15 is 0 Å². The van der Waals surface area contributed by atoms with Gasteiger partial charge >= 0.3 is 11.7 Å². The number of aliphatic hydroxyl groups excluding tert-OH is 1. The second-order valence-corrected chi connectivity index (χ2v) is 11.3. The van der Waals surface area contributed by atoms with Crippen molar-refractivity contribution >= 4 is 27.5 Å². The number of aryl methyl sites for hydroxylation is 2. The molecule has 11 nitrogen and oxygen atoms in total. The maximum absolute atomic E-state index is 13.9. The van der Waals surface area contributed by atoms with Crippen LogP contribution in [-0.4, -0.2) is 56.7 Å². The Labute approximate surface area is 233 Å². The second kappa shape index (κ2) is 10.7. The van der Waals surface area contributed by atoms with Crippen molar-refractivity contribution in [3.8, 4) is 16.5 Å². The summed E-state index contributed by atoms with van der Waals surface area (Å²) in [6.45, 7) is 5.34. The van der Waals surface area contributed by atoms with E-state index in [9.17, 15) is 24.6 Å². The van der Waals surface area contributed by atoms with Gasteiger partial charge in [-0.3, -0.25) is 9.36 Å². The Balaban J connectivity index is 1.70. The molecular formula is C28H31N3O8S. The Bertz CT molecular complexity index is 1680. The minimum absolute atomic E-state index is 0.118. The zero-order valence-corrected chi connectivity index (χ0v) is 23.5. The normalized spacial score (nSPS) is 17.8. The summed E-state index contributed by atoms with van der Waals surface area (Å²) in [5.41, 5.74) is -1.01. The highest BCUT2D eigenvalue weighted by Crippen LogP contribution is 2.37. The number of methoxy groups -OCH3 is 1. The van der Waals surface area contributed by atoms with Gasteiger partial charge in [0.1, 0.15) is 22.4 Å². The Morgan fingerprint density at radius 3 is 2.73 bits per heavy atom. The SMILES string of the molecule is COc1cccc(C2COCCC2O)c1CCn1c(=O)n(C(C)(C)C(=O)O)c(=O)c2c(C)c(-c3ncco3)sc21. The molecule has 212 valence electrons. The number of carboxylic acid groups (broad SMARTS) is 1. The van der Waals surface area contributed by atoms with Crippen molar-refractivity contribution in [1.82, 2.24) is 14.1 Å². The smallest absolute Gasteiger partial charge is 0.333 e. The van der Waals surface area contributed by atoms with E-state index in [0.717, 1.165) is 15.7 Å². The molecule has 0 bridgehead atoms. The van der Waals surface area contributed by atoms with Gasteiger partial charge < -0.3 is 24.1 Å². The molecule has 0 saturated carbocycles. The largest absolute Gasteiger partial charge is 0.496 e. The van der Waals surface area contributed by atoms with Gasteiger partial charge in [0.2, 0.25) is 5.89 Å². The maximum Gasteiger partial charge on any atom is 0.333 e. The van der Waals surface area contributed by atoms with Crippen molar-refractivity contribution in [3.05, 3.63) is 68.2 Å². The van der Waals surface area contributed by atoms with Gasteiger partial charge in [-0.1, -0.05) is 12.1 Å². The first-order chi connectivity index (χ1) is 19.1. The van der Waals surface area contributed by atoms with Gasteiger partial charge in [0.05, 0.1) is 36.3 Å². The predicted octanol–water partition coefficient (Wildman–Crippen LogP) is 3.12. The molecule has 2 atom stereocenters. The van der Waals surface area contributed by atoms with Crippen LogP contribution in [0.2, 0.25) is 0 Å². The van der Waals surface area contributed by atoms with E-state index in [1.807, 2.05) is 18.2 Å². The Morgan fingerprint density at radius 2 is 2.08 bits per heavy atom. The number of aliphatic carboxylic acids is 1.